The van der Waals surface area contributed by atoms with Crippen molar-refractivity contribution < 1.29 is 8.78 Å². The summed E-state index contributed by atoms with van der Waals surface area (Å²) in [6, 6.07) is 1.20. The van der Waals surface area contributed by atoms with E-state index in [1.807, 2.05) is 0 Å². The lowest BCUT2D eigenvalue weighted by Crippen LogP contribution is -2.10. The summed E-state index contributed by atoms with van der Waals surface area (Å²) in [4.78, 5) is 10.4. The molecule has 0 aliphatic heterocycles. The molecule has 10 heavy (non-hydrogen) atoms. The number of H-pyrrole nitrogens is 1. The molecule has 1 N–H and O–H groups in total. The quantitative estimate of drug-likeness (QED) is 0.649. The summed E-state index contributed by atoms with van der Waals surface area (Å²) in [5, 5.41) is 2.19. The van der Waals surface area contributed by atoms with Gasteiger partial charge in [-0.2, -0.15) is 0 Å². The molecular weight excluding hydrogens is 142 g/mol. The highest BCUT2D eigenvalue weighted by Gasteiger charge is 2.02. The first kappa shape index (κ1) is 6.98. The Labute approximate surface area is 55.3 Å². The van der Waals surface area contributed by atoms with Crippen LogP contribution in [0.25, 0.3) is 0 Å². The molecule has 1 heterocycles. The van der Waals surface area contributed by atoms with Crippen molar-refractivity contribution >= 4 is 0 Å². The summed E-state index contributed by atoms with van der Waals surface area (Å²) in [5.41, 5.74) is -0.361. The Kier molecular flexibility index (Phi) is 1.84. The van der Waals surface area contributed by atoms with Crippen LogP contribution in [0.4, 0.5) is 8.78 Å². The molecule has 0 unspecified atom stereocenters. The summed E-state index contributed by atoms with van der Waals surface area (Å²) in [5.74, 6) is 0. The topological polar surface area (TPSA) is 37.8 Å². The minimum atomic E-state index is -2.43. The molecule has 3 nitrogen and oxygen atoms in total. The third-order valence-electron chi connectivity index (χ3n) is 0.994. The first-order valence-corrected chi connectivity index (χ1v) is 2.72. The number of halogens is 2. The SMILES string of the molecule is O=c1ccn(CC(F)F)[nH]1. The number of aromatic amines is 1. The van der Waals surface area contributed by atoms with Crippen LogP contribution in [0.1, 0.15) is 0 Å². The van der Waals surface area contributed by atoms with Crippen molar-refractivity contribution in [1.82, 2.24) is 9.78 Å². The monoisotopic (exact) mass is 148 g/mol. The predicted octanol–water partition coefficient (Wildman–Crippen LogP) is 0.442. The molecule has 0 spiro atoms. The Morgan fingerprint density at radius 3 is 2.80 bits per heavy atom. The van der Waals surface area contributed by atoms with E-state index in [4.69, 9.17) is 0 Å². The van der Waals surface area contributed by atoms with Crippen molar-refractivity contribution in [2.24, 2.45) is 0 Å². The predicted molar refractivity (Wildman–Crippen MR) is 31.1 cm³/mol. The fourth-order valence-corrected chi connectivity index (χ4v) is 0.629. The molecule has 0 saturated carbocycles. The zero-order valence-corrected chi connectivity index (χ0v) is 5.05. The molecule has 0 fully saturated rings. The lowest BCUT2D eigenvalue weighted by atomic mass is 10.7. The molecule has 0 atom stereocenters. The molecule has 0 saturated heterocycles. The smallest absolute Gasteiger partial charge is 0.264 e. The second-order valence-electron chi connectivity index (χ2n) is 1.84. The number of hydrogen-bond acceptors (Lipinski definition) is 1. The highest BCUT2D eigenvalue weighted by Crippen LogP contribution is 1.94. The van der Waals surface area contributed by atoms with E-state index in [0.717, 1.165) is 4.68 Å². The molecule has 0 radical (unpaired) electrons. The maximum Gasteiger partial charge on any atom is 0.264 e. The van der Waals surface area contributed by atoms with Crippen molar-refractivity contribution in [1.29, 1.82) is 0 Å². The third kappa shape index (κ3) is 1.68. The average molecular weight is 148 g/mol. The molecule has 0 aliphatic rings. The van der Waals surface area contributed by atoms with E-state index >= 15 is 0 Å². The van der Waals surface area contributed by atoms with Gasteiger partial charge in [-0.05, 0) is 0 Å². The van der Waals surface area contributed by atoms with Gasteiger partial charge in [0, 0.05) is 12.3 Å². The zero-order chi connectivity index (χ0) is 7.56. The minimum Gasteiger partial charge on any atom is -0.287 e. The molecule has 1 rings (SSSR count). The van der Waals surface area contributed by atoms with E-state index in [-0.39, 0.29) is 5.56 Å². The number of nitrogens with zero attached hydrogens (tertiary/aromatic N) is 1. The molecule has 1 aromatic rings. The van der Waals surface area contributed by atoms with Crippen molar-refractivity contribution in [2.75, 3.05) is 0 Å². The van der Waals surface area contributed by atoms with Crippen LogP contribution in [-0.4, -0.2) is 16.2 Å². The summed E-state index contributed by atoms with van der Waals surface area (Å²) >= 11 is 0. The lowest BCUT2D eigenvalue weighted by Gasteiger charge is -1.97. The van der Waals surface area contributed by atoms with Crippen molar-refractivity contribution in [3.63, 3.8) is 0 Å². The molecule has 1 aromatic heterocycles. The number of rotatable bonds is 2. The third-order valence-corrected chi connectivity index (χ3v) is 0.994. The van der Waals surface area contributed by atoms with Crippen LogP contribution < -0.4 is 5.56 Å². The molecule has 56 valence electrons. The fourth-order valence-electron chi connectivity index (χ4n) is 0.629. The van der Waals surface area contributed by atoms with Crippen LogP contribution in [0.2, 0.25) is 0 Å². The summed E-state index contributed by atoms with van der Waals surface area (Å²) in [6.07, 6.45) is -1.14. The van der Waals surface area contributed by atoms with Gasteiger partial charge in [-0.1, -0.05) is 0 Å². The van der Waals surface area contributed by atoms with E-state index in [0.29, 0.717) is 0 Å². The molecule has 5 heteroatoms. The Hall–Kier alpha value is -1.13. The summed E-state index contributed by atoms with van der Waals surface area (Å²) in [6.45, 7) is -0.456. The van der Waals surface area contributed by atoms with Gasteiger partial charge in [-0.25, -0.2) is 8.78 Å². The second-order valence-corrected chi connectivity index (χ2v) is 1.84. The van der Waals surface area contributed by atoms with Crippen molar-refractivity contribution in [3.05, 3.63) is 22.6 Å². The number of alkyl halides is 2. The highest BCUT2D eigenvalue weighted by atomic mass is 19.3. The van der Waals surface area contributed by atoms with Crippen LogP contribution in [0.15, 0.2) is 17.1 Å². The van der Waals surface area contributed by atoms with Crippen molar-refractivity contribution in [2.45, 2.75) is 13.0 Å². The van der Waals surface area contributed by atoms with Crippen molar-refractivity contribution in [3.8, 4) is 0 Å². The maximum absolute atomic E-state index is 11.6. The van der Waals surface area contributed by atoms with Crippen LogP contribution in [0.5, 0.6) is 0 Å². The summed E-state index contributed by atoms with van der Waals surface area (Å²) in [7, 11) is 0. The molecular formula is C5H6F2N2O. The Bertz CT molecular complexity index is 252. The molecule has 0 aromatic carbocycles. The van der Waals surface area contributed by atoms with Gasteiger partial charge >= 0.3 is 0 Å². The van der Waals surface area contributed by atoms with Gasteiger partial charge in [0.2, 0.25) is 0 Å². The number of hydrogen-bond donors (Lipinski definition) is 1. The van der Waals surface area contributed by atoms with Crippen LogP contribution >= 0.6 is 0 Å². The lowest BCUT2D eigenvalue weighted by molar-refractivity contribution is 0.121. The van der Waals surface area contributed by atoms with Gasteiger partial charge in [0.15, 0.2) is 0 Å². The van der Waals surface area contributed by atoms with E-state index in [1.165, 1.54) is 12.3 Å². The molecule has 0 bridgehead atoms. The Morgan fingerprint density at radius 2 is 2.40 bits per heavy atom. The maximum atomic E-state index is 11.6. The van der Waals surface area contributed by atoms with Gasteiger partial charge in [-0.15, -0.1) is 0 Å². The molecule has 0 aliphatic carbocycles. The Balaban J connectivity index is 2.67. The van der Waals surface area contributed by atoms with E-state index in [9.17, 15) is 13.6 Å². The average Bonchev–Trinajstić information content (AvgIpc) is 2.13. The summed E-state index contributed by atoms with van der Waals surface area (Å²) < 4.78 is 24.2. The van der Waals surface area contributed by atoms with E-state index in [2.05, 4.69) is 5.10 Å². The minimum absolute atomic E-state index is 0.361. The molecule has 0 amide bonds. The van der Waals surface area contributed by atoms with Gasteiger partial charge in [0.1, 0.15) is 0 Å². The van der Waals surface area contributed by atoms with Crippen LogP contribution in [-0.2, 0) is 6.54 Å². The van der Waals surface area contributed by atoms with Crippen LogP contribution in [0.3, 0.4) is 0 Å². The van der Waals surface area contributed by atoms with Crippen LogP contribution in [0, 0.1) is 0 Å². The second kappa shape index (κ2) is 2.64. The Morgan fingerprint density at radius 1 is 1.70 bits per heavy atom. The largest absolute Gasteiger partial charge is 0.287 e. The number of aromatic nitrogens is 2. The van der Waals surface area contributed by atoms with Gasteiger partial charge < -0.3 is 0 Å². The van der Waals surface area contributed by atoms with Gasteiger partial charge in [0.25, 0.3) is 12.0 Å². The normalized spacial score (nSPS) is 10.7. The first-order chi connectivity index (χ1) is 4.68. The van der Waals surface area contributed by atoms with E-state index < -0.39 is 13.0 Å². The van der Waals surface area contributed by atoms with E-state index in [1.54, 1.807) is 0 Å². The fraction of sp³-hybridized carbons (Fsp3) is 0.400. The highest BCUT2D eigenvalue weighted by molar-refractivity contribution is 4.79. The first-order valence-electron chi connectivity index (χ1n) is 2.72. The zero-order valence-electron chi connectivity index (χ0n) is 5.05. The van der Waals surface area contributed by atoms with Gasteiger partial charge in [-0.3, -0.25) is 14.6 Å². The number of nitrogens with one attached hydrogen (secondary N) is 1. The van der Waals surface area contributed by atoms with Gasteiger partial charge in [0.05, 0.1) is 6.54 Å². The standard InChI is InChI=1S/C5H6F2N2O/c6-4(7)3-9-2-1-5(10)8-9/h1-2,4H,3H2,(H,8,10).